The number of allylic oxidation sites excluding steroid dienone is 6. The van der Waals surface area contributed by atoms with Crippen LogP contribution in [0.15, 0.2) is 36.5 Å². The Labute approximate surface area is 442 Å². The second-order valence-corrected chi connectivity index (χ2v) is 21.3. The molecule has 71 heavy (non-hydrogen) atoms. The molecule has 0 bridgehead atoms. The van der Waals surface area contributed by atoms with Crippen molar-refractivity contribution >= 4 is 17.9 Å². The molecule has 416 valence electrons. The van der Waals surface area contributed by atoms with Gasteiger partial charge in [0.1, 0.15) is 13.2 Å². The SMILES string of the molecule is CC/C=C\C/C=C\C/C=C\CCCCCCCCCCCC(=O)OCC(COC(=O)CCCCCCCCCCCCCCCCCCC)OC(=O)CCCCCCCCCCCCCCCCCCC. The highest BCUT2D eigenvalue weighted by Crippen LogP contribution is 2.18. The number of hydrogen-bond donors (Lipinski definition) is 0. The number of unbranched alkanes of at least 4 members (excludes halogenated alkanes) is 41. The molecule has 0 aromatic carbocycles. The van der Waals surface area contributed by atoms with Gasteiger partial charge in [-0.1, -0.05) is 308 Å². The molecule has 0 fully saturated rings. The first-order valence-electron chi connectivity index (χ1n) is 31.5. The van der Waals surface area contributed by atoms with Crippen molar-refractivity contribution in [3.63, 3.8) is 0 Å². The lowest BCUT2D eigenvalue weighted by Gasteiger charge is -2.18. The van der Waals surface area contributed by atoms with E-state index in [1.54, 1.807) is 0 Å². The molecular formula is C65H120O6. The Morgan fingerprint density at radius 1 is 0.296 bits per heavy atom. The molecule has 0 aliphatic rings. The van der Waals surface area contributed by atoms with E-state index in [4.69, 9.17) is 14.2 Å². The Bertz CT molecular complexity index is 1190. The molecule has 0 spiro atoms. The standard InChI is InChI=1S/C65H120O6/c1-4-7-10-13-16-19-22-25-28-31-32-35-37-40-43-46-49-52-55-58-64(67)70-61-62(71-65(68)59-56-53-50-47-44-41-38-34-30-27-24-21-18-15-12-9-6-3)60-69-63(66)57-54-51-48-45-42-39-36-33-29-26-23-20-17-14-11-8-5-2/h7,10,16,19,25,28,62H,4-6,8-9,11-15,17-18,20-24,26-27,29-61H2,1-3H3/b10-7-,19-16-,28-25-. The van der Waals surface area contributed by atoms with Gasteiger partial charge in [0.05, 0.1) is 0 Å². The first-order valence-corrected chi connectivity index (χ1v) is 31.5. The van der Waals surface area contributed by atoms with Crippen molar-refractivity contribution < 1.29 is 28.6 Å². The monoisotopic (exact) mass is 997 g/mol. The summed E-state index contributed by atoms with van der Waals surface area (Å²) in [5, 5.41) is 0. The minimum absolute atomic E-state index is 0.0679. The van der Waals surface area contributed by atoms with Crippen LogP contribution in [-0.4, -0.2) is 37.2 Å². The maximum absolute atomic E-state index is 12.9. The van der Waals surface area contributed by atoms with Crippen molar-refractivity contribution in [3.05, 3.63) is 36.5 Å². The van der Waals surface area contributed by atoms with Crippen LogP contribution in [0.3, 0.4) is 0 Å². The van der Waals surface area contributed by atoms with E-state index in [2.05, 4.69) is 57.2 Å². The number of carbonyl (C=O) groups is 3. The van der Waals surface area contributed by atoms with Crippen LogP contribution in [0.1, 0.15) is 342 Å². The van der Waals surface area contributed by atoms with E-state index in [-0.39, 0.29) is 31.1 Å². The molecule has 0 heterocycles. The van der Waals surface area contributed by atoms with E-state index < -0.39 is 6.10 Å². The van der Waals surface area contributed by atoms with Crippen LogP contribution in [0.4, 0.5) is 0 Å². The van der Waals surface area contributed by atoms with Gasteiger partial charge in [-0.25, -0.2) is 0 Å². The minimum atomic E-state index is -0.770. The molecule has 6 nitrogen and oxygen atoms in total. The summed E-state index contributed by atoms with van der Waals surface area (Å²) in [7, 11) is 0. The maximum Gasteiger partial charge on any atom is 0.306 e. The predicted octanol–water partition coefficient (Wildman–Crippen LogP) is 21.2. The van der Waals surface area contributed by atoms with Gasteiger partial charge in [-0.2, -0.15) is 0 Å². The molecule has 0 radical (unpaired) electrons. The molecule has 0 saturated heterocycles. The number of hydrogen-bond acceptors (Lipinski definition) is 6. The molecule has 1 atom stereocenters. The smallest absolute Gasteiger partial charge is 0.306 e. The van der Waals surface area contributed by atoms with E-state index in [1.807, 2.05) is 0 Å². The lowest BCUT2D eigenvalue weighted by atomic mass is 10.0. The Balaban J connectivity index is 4.32. The molecule has 1 unspecified atom stereocenters. The molecule has 0 rings (SSSR count). The van der Waals surface area contributed by atoms with E-state index in [0.717, 1.165) is 77.0 Å². The molecule has 6 heteroatoms. The van der Waals surface area contributed by atoms with Crippen LogP contribution in [0.5, 0.6) is 0 Å². The number of esters is 3. The highest BCUT2D eigenvalue weighted by molar-refractivity contribution is 5.71. The van der Waals surface area contributed by atoms with Gasteiger partial charge in [0.15, 0.2) is 6.10 Å². The summed E-state index contributed by atoms with van der Waals surface area (Å²) < 4.78 is 16.9. The van der Waals surface area contributed by atoms with Crippen molar-refractivity contribution in [2.75, 3.05) is 13.2 Å². The Morgan fingerprint density at radius 2 is 0.549 bits per heavy atom. The van der Waals surface area contributed by atoms with Gasteiger partial charge < -0.3 is 14.2 Å². The quantitative estimate of drug-likeness (QED) is 0.0261. The van der Waals surface area contributed by atoms with E-state index in [0.29, 0.717) is 19.3 Å². The van der Waals surface area contributed by atoms with Crippen LogP contribution >= 0.6 is 0 Å². The number of carbonyl (C=O) groups excluding carboxylic acids is 3. The second kappa shape index (κ2) is 60.2. The molecule has 0 aromatic rings. The van der Waals surface area contributed by atoms with Gasteiger partial charge in [-0.3, -0.25) is 14.4 Å². The van der Waals surface area contributed by atoms with E-state index in [9.17, 15) is 14.4 Å². The van der Waals surface area contributed by atoms with Crippen molar-refractivity contribution in [2.45, 2.75) is 348 Å². The summed E-state index contributed by atoms with van der Waals surface area (Å²) in [6, 6.07) is 0. The largest absolute Gasteiger partial charge is 0.462 e. The van der Waals surface area contributed by atoms with Crippen molar-refractivity contribution in [1.29, 1.82) is 0 Å². The van der Waals surface area contributed by atoms with Crippen LogP contribution in [-0.2, 0) is 28.6 Å². The summed E-state index contributed by atoms with van der Waals surface area (Å²) >= 11 is 0. The van der Waals surface area contributed by atoms with Gasteiger partial charge in [-0.05, 0) is 51.4 Å². The predicted molar refractivity (Wildman–Crippen MR) is 307 cm³/mol. The summed E-state index contributed by atoms with van der Waals surface area (Å²) in [6.07, 6.45) is 72.8. The molecule has 0 aliphatic carbocycles. The average molecular weight is 998 g/mol. The summed E-state index contributed by atoms with van der Waals surface area (Å²) in [5.41, 5.74) is 0. The number of ether oxygens (including phenoxy) is 3. The van der Waals surface area contributed by atoms with Gasteiger partial charge in [0.25, 0.3) is 0 Å². The Hall–Kier alpha value is -2.37. The first kappa shape index (κ1) is 68.6. The molecule has 0 aliphatic heterocycles. The molecule has 0 saturated carbocycles. The van der Waals surface area contributed by atoms with Gasteiger partial charge in [0, 0.05) is 19.3 Å². The van der Waals surface area contributed by atoms with Crippen molar-refractivity contribution in [3.8, 4) is 0 Å². The fourth-order valence-corrected chi connectivity index (χ4v) is 9.46. The Morgan fingerprint density at radius 3 is 0.859 bits per heavy atom. The normalized spacial score (nSPS) is 12.2. The third kappa shape index (κ3) is 58.4. The first-order chi connectivity index (χ1) is 35.0. The lowest BCUT2D eigenvalue weighted by molar-refractivity contribution is -0.167. The topological polar surface area (TPSA) is 78.9 Å². The zero-order chi connectivity index (χ0) is 51.4. The second-order valence-electron chi connectivity index (χ2n) is 21.3. The summed E-state index contributed by atoms with van der Waals surface area (Å²) in [4.78, 5) is 38.3. The third-order valence-electron chi connectivity index (χ3n) is 14.2. The zero-order valence-electron chi connectivity index (χ0n) is 47.8. The highest BCUT2D eigenvalue weighted by atomic mass is 16.6. The van der Waals surface area contributed by atoms with Crippen LogP contribution < -0.4 is 0 Å². The van der Waals surface area contributed by atoms with Crippen LogP contribution in [0.2, 0.25) is 0 Å². The minimum Gasteiger partial charge on any atom is -0.462 e. The fraction of sp³-hybridized carbons (Fsp3) is 0.862. The van der Waals surface area contributed by atoms with Crippen LogP contribution in [0, 0.1) is 0 Å². The third-order valence-corrected chi connectivity index (χ3v) is 14.2. The lowest BCUT2D eigenvalue weighted by Crippen LogP contribution is -2.30. The Kier molecular flexibility index (Phi) is 58.2. The van der Waals surface area contributed by atoms with Gasteiger partial charge in [-0.15, -0.1) is 0 Å². The summed E-state index contributed by atoms with van der Waals surface area (Å²) in [5.74, 6) is -0.847. The van der Waals surface area contributed by atoms with Crippen LogP contribution in [0.25, 0.3) is 0 Å². The van der Waals surface area contributed by atoms with Crippen molar-refractivity contribution in [2.24, 2.45) is 0 Å². The number of rotatable bonds is 58. The summed E-state index contributed by atoms with van der Waals surface area (Å²) in [6.45, 7) is 6.59. The van der Waals surface area contributed by atoms with Gasteiger partial charge >= 0.3 is 17.9 Å². The molecule has 0 aromatic heterocycles. The van der Waals surface area contributed by atoms with Gasteiger partial charge in [0.2, 0.25) is 0 Å². The maximum atomic E-state index is 12.9. The molecule has 0 N–H and O–H groups in total. The molecule has 0 amide bonds. The highest BCUT2D eigenvalue weighted by Gasteiger charge is 2.19. The fourth-order valence-electron chi connectivity index (χ4n) is 9.46. The average Bonchev–Trinajstić information content (AvgIpc) is 3.37. The van der Waals surface area contributed by atoms with Crippen molar-refractivity contribution in [1.82, 2.24) is 0 Å². The van der Waals surface area contributed by atoms with E-state index in [1.165, 1.54) is 225 Å². The van der Waals surface area contributed by atoms with E-state index >= 15 is 0 Å². The zero-order valence-corrected chi connectivity index (χ0v) is 47.8. The molecular weight excluding hydrogens is 877 g/mol.